The summed E-state index contributed by atoms with van der Waals surface area (Å²) < 4.78 is 1.98. The molecule has 0 saturated heterocycles. The molecule has 0 aliphatic heterocycles. The Kier molecular flexibility index (Phi) is 5.05. The second-order valence-electron chi connectivity index (χ2n) is 7.21. The molecule has 1 aromatic carbocycles. The van der Waals surface area contributed by atoms with Crippen molar-refractivity contribution in [1.82, 2.24) is 19.7 Å². The Morgan fingerprint density at radius 1 is 1.22 bits per heavy atom. The predicted octanol–water partition coefficient (Wildman–Crippen LogP) is 3.57. The topological polar surface area (TPSA) is 71.3 Å². The molecule has 2 aromatic heterocycles. The normalized spacial score (nSPS) is 14.6. The van der Waals surface area contributed by atoms with E-state index in [0.29, 0.717) is 19.0 Å². The van der Waals surface area contributed by atoms with E-state index in [1.807, 2.05) is 10.6 Å². The highest BCUT2D eigenvalue weighted by atomic mass is 16.1. The summed E-state index contributed by atoms with van der Waals surface area (Å²) in [4.78, 5) is 21.1. The molecule has 1 aliphatic carbocycles. The standard InChI is InChI=1S/C21H25N5O/c1-15-6-8-16(9-7-15)20-21(26-13-12-22-14-18(26)25-20)23-11-10-19(27)24-17-4-2-3-5-17/h6-9,12-14,17,23H,2-5,10-11H2,1H3,(H,24,27). The average Bonchev–Trinajstić information content (AvgIpc) is 3.30. The molecule has 3 aromatic rings. The lowest BCUT2D eigenvalue weighted by molar-refractivity contribution is -0.121. The van der Waals surface area contributed by atoms with Crippen LogP contribution in [0.1, 0.15) is 37.7 Å². The molecule has 6 nitrogen and oxygen atoms in total. The van der Waals surface area contributed by atoms with Gasteiger partial charge in [0.05, 0.1) is 6.20 Å². The highest BCUT2D eigenvalue weighted by Crippen LogP contribution is 2.28. The van der Waals surface area contributed by atoms with Crippen molar-refractivity contribution in [2.24, 2.45) is 0 Å². The van der Waals surface area contributed by atoms with Gasteiger partial charge in [-0.1, -0.05) is 42.7 Å². The van der Waals surface area contributed by atoms with Crippen molar-refractivity contribution in [2.75, 3.05) is 11.9 Å². The molecule has 6 heteroatoms. The third-order valence-corrected chi connectivity index (χ3v) is 5.12. The molecular weight excluding hydrogens is 338 g/mol. The Bertz CT molecular complexity index is 925. The number of nitrogens with zero attached hydrogens (tertiary/aromatic N) is 3. The molecule has 0 atom stereocenters. The average molecular weight is 363 g/mol. The molecular formula is C21H25N5O. The second kappa shape index (κ2) is 7.78. The SMILES string of the molecule is Cc1ccc(-c2nc3cnccn3c2NCCC(=O)NC2CCCC2)cc1. The molecule has 1 amide bonds. The predicted molar refractivity (Wildman–Crippen MR) is 107 cm³/mol. The zero-order valence-corrected chi connectivity index (χ0v) is 15.6. The van der Waals surface area contributed by atoms with Gasteiger partial charge in [0.1, 0.15) is 11.5 Å². The molecule has 0 bridgehead atoms. The number of carbonyl (C=O) groups is 1. The van der Waals surface area contributed by atoms with E-state index in [0.717, 1.165) is 35.6 Å². The maximum absolute atomic E-state index is 12.2. The highest BCUT2D eigenvalue weighted by Gasteiger charge is 2.18. The summed E-state index contributed by atoms with van der Waals surface area (Å²) in [6.45, 7) is 2.63. The molecule has 1 saturated carbocycles. The zero-order chi connectivity index (χ0) is 18.6. The Labute approximate surface area is 159 Å². The van der Waals surface area contributed by atoms with Crippen LogP contribution in [0.2, 0.25) is 0 Å². The van der Waals surface area contributed by atoms with Crippen LogP contribution < -0.4 is 10.6 Å². The van der Waals surface area contributed by atoms with Gasteiger partial charge < -0.3 is 10.6 Å². The van der Waals surface area contributed by atoms with Crippen LogP contribution in [-0.2, 0) is 4.79 Å². The van der Waals surface area contributed by atoms with E-state index in [1.54, 1.807) is 12.4 Å². The van der Waals surface area contributed by atoms with Crippen LogP contribution in [0.5, 0.6) is 0 Å². The quantitative estimate of drug-likeness (QED) is 0.702. The number of amides is 1. The van der Waals surface area contributed by atoms with Crippen LogP contribution in [0, 0.1) is 6.92 Å². The van der Waals surface area contributed by atoms with Crippen LogP contribution in [0.15, 0.2) is 42.9 Å². The van der Waals surface area contributed by atoms with Crippen molar-refractivity contribution in [1.29, 1.82) is 0 Å². The summed E-state index contributed by atoms with van der Waals surface area (Å²) in [7, 11) is 0. The van der Waals surface area contributed by atoms with Gasteiger partial charge in [0.25, 0.3) is 0 Å². The third kappa shape index (κ3) is 3.94. The van der Waals surface area contributed by atoms with E-state index in [9.17, 15) is 4.79 Å². The number of hydrogen-bond acceptors (Lipinski definition) is 4. The number of aromatic nitrogens is 3. The first-order chi connectivity index (χ1) is 13.2. The van der Waals surface area contributed by atoms with E-state index in [2.05, 4.69) is 46.8 Å². The molecule has 0 unspecified atom stereocenters. The fourth-order valence-corrected chi connectivity index (χ4v) is 3.65. The van der Waals surface area contributed by atoms with Gasteiger partial charge in [0, 0.05) is 37.0 Å². The maximum Gasteiger partial charge on any atom is 0.221 e. The van der Waals surface area contributed by atoms with Crippen molar-refractivity contribution >= 4 is 17.4 Å². The third-order valence-electron chi connectivity index (χ3n) is 5.12. The Morgan fingerprint density at radius 3 is 2.78 bits per heavy atom. The van der Waals surface area contributed by atoms with Crippen molar-refractivity contribution in [3.63, 3.8) is 0 Å². The zero-order valence-electron chi connectivity index (χ0n) is 15.6. The minimum atomic E-state index is 0.113. The van der Waals surface area contributed by atoms with Crippen molar-refractivity contribution < 1.29 is 4.79 Å². The van der Waals surface area contributed by atoms with Gasteiger partial charge in [-0.3, -0.25) is 14.2 Å². The van der Waals surface area contributed by atoms with Gasteiger partial charge in [0.2, 0.25) is 5.91 Å². The molecule has 0 radical (unpaired) electrons. The summed E-state index contributed by atoms with van der Waals surface area (Å²) in [5.74, 6) is 1.01. The summed E-state index contributed by atoms with van der Waals surface area (Å²) in [6, 6.07) is 8.67. The van der Waals surface area contributed by atoms with Crippen LogP contribution in [0.4, 0.5) is 5.82 Å². The lowest BCUT2D eigenvalue weighted by Gasteiger charge is -2.13. The van der Waals surface area contributed by atoms with Gasteiger partial charge in [-0.2, -0.15) is 0 Å². The molecule has 2 heterocycles. The second-order valence-corrected chi connectivity index (χ2v) is 7.21. The van der Waals surface area contributed by atoms with Crippen LogP contribution in [0.25, 0.3) is 16.9 Å². The lowest BCUT2D eigenvalue weighted by atomic mass is 10.1. The van der Waals surface area contributed by atoms with E-state index in [1.165, 1.54) is 18.4 Å². The van der Waals surface area contributed by atoms with Gasteiger partial charge in [-0.05, 0) is 19.8 Å². The Balaban J connectivity index is 1.50. The minimum Gasteiger partial charge on any atom is -0.369 e. The molecule has 27 heavy (non-hydrogen) atoms. The van der Waals surface area contributed by atoms with Gasteiger partial charge >= 0.3 is 0 Å². The molecule has 140 valence electrons. The number of imidazole rings is 1. The van der Waals surface area contributed by atoms with Crippen molar-refractivity contribution in [3.8, 4) is 11.3 Å². The van der Waals surface area contributed by atoms with E-state index in [4.69, 9.17) is 4.98 Å². The molecule has 1 fully saturated rings. The smallest absolute Gasteiger partial charge is 0.221 e. The minimum absolute atomic E-state index is 0.113. The molecule has 0 spiro atoms. The summed E-state index contributed by atoms with van der Waals surface area (Å²) >= 11 is 0. The van der Waals surface area contributed by atoms with Gasteiger partial charge in [-0.15, -0.1) is 0 Å². The van der Waals surface area contributed by atoms with E-state index >= 15 is 0 Å². The summed E-state index contributed by atoms with van der Waals surface area (Å²) in [5, 5.41) is 6.55. The number of hydrogen-bond donors (Lipinski definition) is 2. The molecule has 2 N–H and O–H groups in total. The number of benzene rings is 1. The number of carbonyl (C=O) groups excluding carboxylic acids is 1. The monoisotopic (exact) mass is 363 g/mol. The summed E-state index contributed by atoms with van der Waals surface area (Å²) in [5.41, 5.74) is 3.91. The maximum atomic E-state index is 12.2. The first-order valence-corrected chi connectivity index (χ1v) is 9.63. The first kappa shape index (κ1) is 17.5. The molecule has 4 rings (SSSR count). The number of nitrogens with one attached hydrogen (secondary N) is 2. The van der Waals surface area contributed by atoms with E-state index < -0.39 is 0 Å². The van der Waals surface area contributed by atoms with Gasteiger partial charge in [0.15, 0.2) is 5.65 Å². The van der Waals surface area contributed by atoms with Crippen molar-refractivity contribution in [3.05, 3.63) is 48.4 Å². The number of anilines is 1. The Morgan fingerprint density at radius 2 is 2.00 bits per heavy atom. The van der Waals surface area contributed by atoms with E-state index in [-0.39, 0.29) is 5.91 Å². The van der Waals surface area contributed by atoms with Gasteiger partial charge in [-0.25, -0.2) is 4.98 Å². The largest absolute Gasteiger partial charge is 0.369 e. The number of fused-ring (bicyclic) bond motifs is 1. The van der Waals surface area contributed by atoms with Crippen LogP contribution in [-0.4, -0.2) is 32.9 Å². The fourth-order valence-electron chi connectivity index (χ4n) is 3.65. The summed E-state index contributed by atoms with van der Waals surface area (Å²) in [6.07, 6.45) is 10.5. The first-order valence-electron chi connectivity index (χ1n) is 9.63. The van der Waals surface area contributed by atoms with Crippen molar-refractivity contribution in [2.45, 2.75) is 45.1 Å². The van der Waals surface area contributed by atoms with Crippen LogP contribution >= 0.6 is 0 Å². The van der Waals surface area contributed by atoms with Crippen LogP contribution in [0.3, 0.4) is 0 Å². The molecule has 1 aliphatic rings. The number of aryl methyl sites for hydroxylation is 1. The fraction of sp³-hybridized carbons (Fsp3) is 0.381. The number of rotatable bonds is 6. The highest BCUT2D eigenvalue weighted by molar-refractivity contribution is 5.79. The lowest BCUT2D eigenvalue weighted by Crippen LogP contribution is -2.33. The Hall–Kier alpha value is -2.89.